The molecule has 0 aliphatic carbocycles. The molecule has 2 rings (SSSR count). The van der Waals surface area contributed by atoms with Crippen molar-refractivity contribution < 1.29 is 14.3 Å². The highest BCUT2D eigenvalue weighted by atomic mass is 16.5. The molecular weight excluding hydrogens is 256 g/mol. The fourth-order valence-electron chi connectivity index (χ4n) is 2.35. The maximum atomic E-state index is 11.8. The Hall–Kier alpha value is -1.75. The summed E-state index contributed by atoms with van der Waals surface area (Å²) in [5, 5.41) is 6.16. The minimum atomic E-state index is -0.136. The van der Waals surface area contributed by atoms with Gasteiger partial charge >= 0.3 is 0 Å². The number of anilines is 1. The lowest BCUT2D eigenvalue weighted by Gasteiger charge is -2.21. The van der Waals surface area contributed by atoms with Crippen LogP contribution in [0.25, 0.3) is 0 Å². The fraction of sp³-hybridized carbons (Fsp3) is 0.533. The zero-order valence-corrected chi connectivity index (χ0v) is 12.1. The number of carbonyl (C=O) groups excluding carboxylic acids is 1. The lowest BCUT2D eigenvalue weighted by Crippen LogP contribution is -2.38. The third kappa shape index (κ3) is 3.87. The van der Waals surface area contributed by atoms with Crippen molar-refractivity contribution in [3.8, 4) is 5.75 Å². The topological polar surface area (TPSA) is 59.6 Å². The number of carbonyl (C=O) groups is 1. The van der Waals surface area contributed by atoms with Gasteiger partial charge in [-0.1, -0.05) is 12.1 Å². The van der Waals surface area contributed by atoms with E-state index in [-0.39, 0.29) is 18.6 Å². The van der Waals surface area contributed by atoms with Gasteiger partial charge in [-0.15, -0.1) is 0 Å². The van der Waals surface area contributed by atoms with E-state index >= 15 is 0 Å². The Kier molecular flexibility index (Phi) is 5.24. The number of benzene rings is 1. The van der Waals surface area contributed by atoms with E-state index in [0.717, 1.165) is 30.8 Å². The molecule has 0 fully saturated rings. The van der Waals surface area contributed by atoms with Crippen molar-refractivity contribution in [1.29, 1.82) is 0 Å². The average Bonchev–Trinajstić information content (AvgIpc) is 2.45. The summed E-state index contributed by atoms with van der Waals surface area (Å²) in [4.78, 5) is 11.8. The highest BCUT2D eigenvalue weighted by Gasteiger charge is 2.14. The highest BCUT2D eigenvalue weighted by molar-refractivity contribution is 5.78. The van der Waals surface area contributed by atoms with Crippen molar-refractivity contribution in [2.45, 2.75) is 25.8 Å². The molecule has 110 valence electrons. The summed E-state index contributed by atoms with van der Waals surface area (Å²) in [5.41, 5.74) is 2.28. The van der Waals surface area contributed by atoms with Crippen molar-refractivity contribution in [3.63, 3.8) is 0 Å². The molecule has 0 radical (unpaired) electrons. The molecule has 0 aromatic heterocycles. The third-order valence-electron chi connectivity index (χ3n) is 3.22. The number of amides is 1. The third-order valence-corrected chi connectivity index (χ3v) is 3.22. The number of para-hydroxylation sites is 1. The molecule has 1 unspecified atom stereocenters. The highest BCUT2D eigenvalue weighted by Crippen LogP contribution is 2.31. The van der Waals surface area contributed by atoms with E-state index in [9.17, 15) is 4.79 Å². The van der Waals surface area contributed by atoms with E-state index in [1.165, 1.54) is 5.56 Å². The van der Waals surface area contributed by atoms with E-state index in [2.05, 4.69) is 16.7 Å². The van der Waals surface area contributed by atoms with Crippen LogP contribution in [0.15, 0.2) is 18.2 Å². The number of methoxy groups -OCH3 is 1. The van der Waals surface area contributed by atoms with Crippen LogP contribution in [0.2, 0.25) is 0 Å². The number of hydrogen-bond acceptors (Lipinski definition) is 4. The van der Waals surface area contributed by atoms with Crippen LogP contribution in [0.1, 0.15) is 18.9 Å². The predicted octanol–water partition coefficient (Wildman–Crippen LogP) is 1.57. The van der Waals surface area contributed by atoms with Gasteiger partial charge in [-0.2, -0.15) is 0 Å². The first-order chi connectivity index (χ1) is 9.70. The number of hydrogen-bond donors (Lipinski definition) is 2. The average molecular weight is 278 g/mol. The molecular formula is C15H22N2O3. The maximum Gasteiger partial charge on any atom is 0.258 e. The standard InChI is InChI=1S/C15H22N2O3/c1-11(9-19-2)17-14(18)10-20-13-7-3-5-12-6-4-8-16-15(12)13/h3,5,7,11,16H,4,6,8-10H2,1-2H3,(H,17,18). The molecule has 1 heterocycles. The molecule has 1 amide bonds. The Morgan fingerprint density at radius 3 is 3.15 bits per heavy atom. The number of nitrogens with one attached hydrogen (secondary N) is 2. The molecule has 1 aliphatic rings. The van der Waals surface area contributed by atoms with Crippen molar-refractivity contribution in [2.24, 2.45) is 0 Å². The monoisotopic (exact) mass is 278 g/mol. The molecule has 2 N–H and O–H groups in total. The Morgan fingerprint density at radius 1 is 1.50 bits per heavy atom. The second-order valence-corrected chi connectivity index (χ2v) is 5.03. The lowest BCUT2D eigenvalue weighted by atomic mass is 10.0. The lowest BCUT2D eigenvalue weighted by molar-refractivity contribution is -0.124. The van der Waals surface area contributed by atoms with E-state index < -0.39 is 0 Å². The fourth-order valence-corrected chi connectivity index (χ4v) is 2.35. The molecule has 1 aromatic rings. The Balaban J connectivity index is 1.89. The number of aryl methyl sites for hydroxylation is 1. The van der Waals surface area contributed by atoms with Gasteiger partial charge in [0, 0.05) is 19.7 Å². The Bertz CT molecular complexity index is 462. The van der Waals surface area contributed by atoms with Crippen molar-refractivity contribution in [1.82, 2.24) is 5.32 Å². The Morgan fingerprint density at radius 2 is 2.35 bits per heavy atom. The molecule has 0 saturated heterocycles. The second kappa shape index (κ2) is 7.14. The quantitative estimate of drug-likeness (QED) is 0.829. The van der Waals surface area contributed by atoms with Gasteiger partial charge in [0.05, 0.1) is 12.3 Å². The molecule has 0 bridgehead atoms. The number of ether oxygens (including phenoxy) is 2. The summed E-state index contributed by atoms with van der Waals surface area (Å²) < 4.78 is 10.6. The normalized spacial score (nSPS) is 14.9. The van der Waals surface area contributed by atoms with Gasteiger partial charge in [-0.3, -0.25) is 4.79 Å². The summed E-state index contributed by atoms with van der Waals surface area (Å²) in [6.45, 7) is 3.36. The van der Waals surface area contributed by atoms with Crippen LogP contribution < -0.4 is 15.4 Å². The zero-order valence-electron chi connectivity index (χ0n) is 12.1. The smallest absolute Gasteiger partial charge is 0.258 e. The van der Waals surface area contributed by atoms with Crippen molar-refractivity contribution in [3.05, 3.63) is 23.8 Å². The first-order valence-electron chi connectivity index (χ1n) is 6.97. The molecule has 20 heavy (non-hydrogen) atoms. The van der Waals surface area contributed by atoms with E-state index in [1.54, 1.807) is 7.11 Å². The molecule has 1 aliphatic heterocycles. The van der Waals surface area contributed by atoms with Crippen LogP contribution in [0.4, 0.5) is 5.69 Å². The SMILES string of the molecule is COCC(C)NC(=O)COc1cccc2c1NCCC2. The van der Waals surface area contributed by atoms with Crippen LogP contribution in [-0.4, -0.2) is 38.8 Å². The first kappa shape index (κ1) is 14.7. The van der Waals surface area contributed by atoms with Crippen LogP contribution in [0.5, 0.6) is 5.75 Å². The van der Waals surface area contributed by atoms with Gasteiger partial charge in [0.25, 0.3) is 5.91 Å². The van der Waals surface area contributed by atoms with E-state index in [4.69, 9.17) is 9.47 Å². The summed E-state index contributed by atoms with van der Waals surface area (Å²) >= 11 is 0. The van der Waals surface area contributed by atoms with Crippen LogP contribution in [0, 0.1) is 0 Å². The van der Waals surface area contributed by atoms with Gasteiger partial charge < -0.3 is 20.1 Å². The minimum Gasteiger partial charge on any atom is -0.482 e. The summed E-state index contributed by atoms with van der Waals surface area (Å²) in [6.07, 6.45) is 2.18. The second-order valence-electron chi connectivity index (χ2n) is 5.03. The van der Waals surface area contributed by atoms with Gasteiger partial charge in [0.2, 0.25) is 0 Å². The van der Waals surface area contributed by atoms with Crippen molar-refractivity contribution in [2.75, 3.05) is 32.2 Å². The summed E-state index contributed by atoms with van der Waals surface area (Å²) in [6, 6.07) is 5.93. The van der Waals surface area contributed by atoms with Crippen LogP contribution in [0.3, 0.4) is 0 Å². The zero-order chi connectivity index (χ0) is 14.4. The van der Waals surface area contributed by atoms with Crippen molar-refractivity contribution >= 4 is 11.6 Å². The summed E-state index contributed by atoms with van der Waals surface area (Å²) in [5.74, 6) is 0.611. The minimum absolute atomic E-state index is 0.0149. The molecule has 5 heteroatoms. The maximum absolute atomic E-state index is 11.8. The van der Waals surface area contributed by atoms with Gasteiger partial charge in [-0.25, -0.2) is 0 Å². The largest absolute Gasteiger partial charge is 0.482 e. The first-order valence-corrected chi connectivity index (χ1v) is 6.97. The molecule has 1 atom stereocenters. The molecule has 1 aromatic carbocycles. The predicted molar refractivity (Wildman–Crippen MR) is 78.2 cm³/mol. The molecule has 0 spiro atoms. The summed E-state index contributed by atoms with van der Waals surface area (Å²) in [7, 11) is 1.61. The number of fused-ring (bicyclic) bond motifs is 1. The molecule has 5 nitrogen and oxygen atoms in total. The Labute approximate surface area is 119 Å². The van der Waals surface area contributed by atoms with Gasteiger partial charge in [0.15, 0.2) is 6.61 Å². The molecule has 0 saturated carbocycles. The van der Waals surface area contributed by atoms with Crippen LogP contribution >= 0.6 is 0 Å². The van der Waals surface area contributed by atoms with E-state index in [0.29, 0.717) is 6.61 Å². The van der Waals surface area contributed by atoms with E-state index in [1.807, 2.05) is 19.1 Å². The van der Waals surface area contributed by atoms with Crippen LogP contribution in [-0.2, 0) is 16.0 Å². The van der Waals surface area contributed by atoms with Gasteiger partial charge in [-0.05, 0) is 31.4 Å². The van der Waals surface area contributed by atoms with Gasteiger partial charge in [0.1, 0.15) is 5.75 Å². The number of rotatable bonds is 6.